The van der Waals surface area contributed by atoms with Crippen molar-refractivity contribution in [1.82, 2.24) is 10.6 Å². The van der Waals surface area contributed by atoms with Crippen molar-refractivity contribution in [2.45, 2.75) is 38.3 Å². The van der Waals surface area contributed by atoms with Gasteiger partial charge < -0.3 is 20.5 Å². The van der Waals surface area contributed by atoms with E-state index in [1.807, 2.05) is 6.92 Å². The Labute approximate surface area is 105 Å². The van der Waals surface area contributed by atoms with E-state index in [0.29, 0.717) is 5.92 Å². The Hall–Kier alpha value is -1.79. The highest BCUT2D eigenvalue weighted by Crippen LogP contribution is 2.32. The van der Waals surface area contributed by atoms with Crippen LogP contribution in [0.5, 0.6) is 0 Å². The molecule has 1 aliphatic carbocycles. The number of hydrogen-bond acceptors (Lipinski definition) is 4. The molecule has 0 bridgehead atoms. The standard InChI is InChI=1S/C11H18N2O5/c1-6(7-3-4-7)12-11(17)13-8(10(15)16)5-9(14)18-2/h6-8H,3-5H2,1-2H3,(H,15,16)(H2,12,13,17)/t6?,8-/m0/s1. The molecule has 2 atom stereocenters. The summed E-state index contributed by atoms with van der Waals surface area (Å²) in [5.74, 6) is -1.48. The van der Waals surface area contributed by atoms with Crippen LogP contribution in [0.3, 0.4) is 0 Å². The third-order valence-electron chi connectivity index (χ3n) is 2.89. The van der Waals surface area contributed by atoms with E-state index in [-0.39, 0.29) is 6.04 Å². The second kappa shape index (κ2) is 6.23. The number of nitrogens with one attached hydrogen (secondary N) is 2. The van der Waals surface area contributed by atoms with Gasteiger partial charge in [-0.1, -0.05) is 0 Å². The Morgan fingerprint density at radius 3 is 2.39 bits per heavy atom. The van der Waals surface area contributed by atoms with Crippen molar-refractivity contribution in [3.05, 3.63) is 0 Å². The van der Waals surface area contributed by atoms with Crippen LogP contribution in [0.15, 0.2) is 0 Å². The highest BCUT2D eigenvalue weighted by molar-refractivity contribution is 5.86. The van der Waals surface area contributed by atoms with Crippen molar-refractivity contribution in [2.24, 2.45) is 5.92 Å². The maximum Gasteiger partial charge on any atom is 0.326 e. The molecule has 0 aromatic rings. The van der Waals surface area contributed by atoms with Gasteiger partial charge in [0.2, 0.25) is 0 Å². The zero-order valence-electron chi connectivity index (χ0n) is 10.4. The lowest BCUT2D eigenvalue weighted by Crippen LogP contribution is -2.49. The molecule has 7 nitrogen and oxygen atoms in total. The summed E-state index contributed by atoms with van der Waals surface area (Å²) in [4.78, 5) is 33.4. The van der Waals surface area contributed by atoms with Gasteiger partial charge in [-0.15, -0.1) is 0 Å². The molecule has 1 fully saturated rings. The molecule has 1 rings (SSSR count). The number of aliphatic carboxylic acids is 1. The van der Waals surface area contributed by atoms with Crippen LogP contribution in [0.25, 0.3) is 0 Å². The van der Waals surface area contributed by atoms with Crippen LogP contribution in [0.4, 0.5) is 4.79 Å². The topological polar surface area (TPSA) is 105 Å². The molecule has 0 aromatic heterocycles. The average Bonchev–Trinajstić information content (AvgIpc) is 3.11. The summed E-state index contributed by atoms with van der Waals surface area (Å²) >= 11 is 0. The minimum atomic E-state index is -1.27. The van der Waals surface area contributed by atoms with Crippen LogP contribution >= 0.6 is 0 Å². The van der Waals surface area contributed by atoms with Gasteiger partial charge in [0.1, 0.15) is 6.04 Å². The number of rotatable bonds is 6. The number of carboxylic acid groups (broad SMARTS) is 1. The summed E-state index contributed by atoms with van der Waals surface area (Å²) in [5, 5.41) is 13.8. The SMILES string of the molecule is COC(=O)C[C@H](NC(=O)NC(C)C1CC1)C(=O)O. The van der Waals surface area contributed by atoms with E-state index in [2.05, 4.69) is 15.4 Å². The number of methoxy groups -OCH3 is 1. The fourth-order valence-electron chi connectivity index (χ4n) is 1.57. The van der Waals surface area contributed by atoms with Crippen LogP contribution in [-0.4, -0.2) is 42.3 Å². The number of hydrogen-bond donors (Lipinski definition) is 3. The van der Waals surface area contributed by atoms with E-state index in [4.69, 9.17) is 5.11 Å². The van der Waals surface area contributed by atoms with Gasteiger partial charge in [-0.3, -0.25) is 4.79 Å². The molecule has 0 spiro atoms. The van der Waals surface area contributed by atoms with E-state index in [1.54, 1.807) is 0 Å². The second-order valence-corrected chi connectivity index (χ2v) is 4.41. The van der Waals surface area contributed by atoms with E-state index in [0.717, 1.165) is 20.0 Å². The molecular weight excluding hydrogens is 240 g/mol. The zero-order valence-corrected chi connectivity index (χ0v) is 10.4. The number of ether oxygens (including phenoxy) is 1. The van der Waals surface area contributed by atoms with Crippen LogP contribution in [0, 0.1) is 5.92 Å². The molecule has 0 heterocycles. The molecule has 1 saturated carbocycles. The molecule has 2 amide bonds. The first kappa shape index (κ1) is 14.3. The first-order valence-corrected chi connectivity index (χ1v) is 5.80. The van der Waals surface area contributed by atoms with Crippen LogP contribution in [-0.2, 0) is 14.3 Å². The molecule has 18 heavy (non-hydrogen) atoms. The molecule has 1 aliphatic rings. The summed E-state index contributed by atoms with van der Waals surface area (Å²) in [6, 6.07) is -1.84. The van der Waals surface area contributed by atoms with Gasteiger partial charge in [-0.05, 0) is 25.7 Å². The molecular formula is C11H18N2O5. The Bertz CT molecular complexity index is 340. The lowest BCUT2D eigenvalue weighted by Gasteiger charge is -2.17. The number of amides is 2. The first-order valence-electron chi connectivity index (χ1n) is 5.80. The van der Waals surface area contributed by atoms with E-state index < -0.39 is 30.4 Å². The Balaban J connectivity index is 2.41. The number of esters is 1. The predicted octanol–water partition coefficient (Wildman–Crippen LogP) is 0.100. The molecule has 7 heteroatoms. The van der Waals surface area contributed by atoms with Gasteiger partial charge in [0.25, 0.3) is 0 Å². The van der Waals surface area contributed by atoms with Crippen LogP contribution < -0.4 is 10.6 Å². The third kappa shape index (κ3) is 4.60. The second-order valence-electron chi connectivity index (χ2n) is 4.41. The maximum absolute atomic E-state index is 11.5. The number of carboxylic acids is 1. The molecule has 0 aromatic carbocycles. The Morgan fingerprint density at radius 2 is 1.94 bits per heavy atom. The van der Waals surface area contributed by atoms with E-state index in [9.17, 15) is 14.4 Å². The smallest absolute Gasteiger partial charge is 0.326 e. The van der Waals surface area contributed by atoms with Crippen molar-refractivity contribution in [3.8, 4) is 0 Å². The minimum absolute atomic E-state index is 0.0116. The van der Waals surface area contributed by atoms with Crippen LogP contribution in [0.1, 0.15) is 26.2 Å². The lowest BCUT2D eigenvalue weighted by molar-refractivity contribution is -0.147. The van der Waals surface area contributed by atoms with Crippen molar-refractivity contribution in [3.63, 3.8) is 0 Å². The summed E-state index contributed by atoms with van der Waals surface area (Å²) < 4.78 is 4.37. The average molecular weight is 258 g/mol. The Morgan fingerprint density at radius 1 is 1.33 bits per heavy atom. The molecule has 0 aliphatic heterocycles. The van der Waals surface area contributed by atoms with Crippen molar-refractivity contribution >= 4 is 18.0 Å². The maximum atomic E-state index is 11.5. The van der Waals surface area contributed by atoms with Crippen molar-refractivity contribution in [2.75, 3.05) is 7.11 Å². The lowest BCUT2D eigenvalue weighted by atomic mass is 10.2. The monoisotopic (exact) mass is 258 g/mol. The normalized spacial score (nSPS) is 17.4. The molecule has 0 saturated heterocycles. The van der Waals surface area contributed by atoms with Crippen molar-refractivity contribution < 1.29 is 24.2 Å². The number of carbonyl (C=O) groups is 3. The van der Waals surface area contributed by atoms with Gasteiger partial charge in [0.05, 0.1) is 13.5 Å². The van der Waals surface area contributed by atoms with Crippen LogP contribution in [0.2, 0.25) is 0 Å². The highest BCUT2D eigenvalue weighted by Gasteiger charge is 2.30. The van der Waals surface area contributed by atoms with Gasteiger partial charge in [0, 0.05) is 6.04 Å². The quantitative estimate of drug-likeness (QED) is 0.586. The van der Waals surface area contributed by atoms with E-state index in [1.165, 1.54) is 0 Å². The Kier molecular flexibility index (Phi) is 4.94. The summed E-state index contributed by atoms with van der Waals surface area (Å²) in [5.41, 5.74) is 0. The predicted molar refractivity (Wildman–Crippen MR) is 61.9 cm³/mol. The van der Waals surface area contributed by atoms with Gasteiger partial charge in [0.15, 0.2) is 0 Å². The fraction of sp³-hybridized carbons (Fsp3) is 0.727. The highest BCUT2D eigenvalue weighted by atomic mass is 16.5. The van der Waals surface area contributed by atoms with E-state index >= 15 is 0 Å². The van der Waals surface area contributed by atoms with Gasteiger partial charge in [-0.2, -0.15) is 0 Å². The fourth-order valence-corrected chi connectivity index (χ4v) is 1.57. The summed E-state index contributed by atoms with van der Waals surface area (Å²) in [6.07, 6.45) is 1.76. The summed E-state index contributed by atoms with van der Waals surface area (Å²) in [7, 11) is 1.16. The van der Waals surface area contributed by atoms with Gasteiger partial charge >= 0.3 is 18.0 Å². The minimum Gasteiger partial charge on any atom is -0.480 e. The molecule has 102 valence electrons. The zero-order chi connectivity index (χ0) is 13.7. The molecule has 1 unspecified atom stereocenters. The molecule has 0 radical (unpaired) electrons. The number of carbonyl (C=O) groups excluding carboxylic acids is 2. The number of urea groups is 1. The largest absolute Gasteiger partial charge is 0.480 e. The molecule has 3 N–H and O–H groups in total. The van der Waals surface area contributed by atoms with Gasteiger partial charge in [-0.25, -0.2) is 9.59 Å². The third-order valence-corrected chi connectivity index (χ3v) is 2.89. The van der Waals surface area contributed by atoms with Crippen molar-refractivity contribution in [1.29, 1.82) is 0 Å². The first-order chi connectivity index (χ1) is 8.43. The summed E-state index contributed by atoms with van der Waals surface area (Å²) in [6.45, 7) is 1.87.